The summed E-state index contributed by atoms with van der Waals surface area (Å²) in [4.78, 5) is 37.7. The molecule has 2 heterocycles. The number of nitrogens with zero attached hydrogens (tertiary/aromatic N) is 2. The SMILES string of the molecule is CCCn1c(=O)c2cc(C)ccc2n(CC(=O)NCc2ccco2)c1=O. The minimum Gasteiger partial charge on any atom is -0.467 e. The molecule has 0 aliphatic carbocycles. The second kappa shape index (κ2) is 7.43. The number of hydrogen-bond acceptors (Lipinski definition) is 4. The van der Waals surface area contributed by atoms with Gasteiger partial charge in [-0.2, -0.15) is 0 Å². The number of furan rings is 1. The van der Waals surface area contributed by atoms with Crippen LogP contribution in [0.15, 0.2) is 50.6 Å². The van der Waals surface area contributed by atoms with Crippen LogP contribution in [0.2, 0.25) is 0 Å². The summed E-state index contributed by atoms with van der Waals surface area (Å²) >= 11 is 0. The van der Waals surface area contributed by atoms with Crippen molar-refractivity contribution in [1.29, 1.82) is 0 Å². The number of aromatic nitrogens is 2. The summed E-state index contributed by atoms with van der Waals surface area (Å²) in [6.45, 7) is 4.17. The Morgan fingerprint density at radius 1 is 1.19 bits per heavy atom. The average molecular weight is 355 g/mol. The van der Waals surface area contributed by atoms with E-state index < -0.39 is 5.69 Å². The van der Waals surface area contributed by atoms with E-state index in [1.807, 2.05) is 19.9 Å². The van der Waals surface area contributed by atoms with Gasteiger partial charge in [-0.15, -0.1) is 0 Å². The minimum atomic E-state index is -0.471. The number of nitrogens with one attached hydrogen (secondary N) is 1. The van der Waals surface area contributed by atoms with Crippen LogP contribution in [0.5, 0.6) is 0 Å². The Bertz CT molecular complexity index is 1050. The number of fused-ring (bicyclic) bond motifs is 1. The zero-order valence-electron chi connectivity index (χ0n) is 14.8. The molecule has 7 heteroatoms. The molecule has 0 saturated carbocycles. The molecular weight excluding hydrogens is 334 g/mol. The fourth-order valence-electron chi connectivity index (χ4n) is 2.91. The topological polar surface area (TPSA) is 86.2 Å². The number of rotatable bonds is 6. The Kier molecular flexibility index (Phi) is 5.06. The Morgan fingerprint density at radius 3 is 2.69 bits per heavy atom. The van der Waals surface area contributed by atoms with Crippen molar-refractivity contribution in [3.05, 3.63) is 68.8 Å². The first kappa shape index (κ1) is 17.7. The molecule has 0 aliphatic heterocycles. The molecular formula is C19H21N3O4. The normalized spacial score (nSPS) is 11.0. The predicted molar refractivity (Wildman–Crippen MR) is 98.1 cm³/mol. The summed E-state index contributed by atoms with van der Waals surface area (Å²) < 4.78 is 7.73. The maximum absolute atomic E-state index is 12.8. The standard InChI is InChI=1S/C19H21N3O4/c1-3-8-21-18(24)15-10-13(2)6-7-16(15)22(19(21)25)12-17(23)20-11-14-5-4-9-26-14/h4-7,9-10H,3,8,11-12H2,1-2H3,(H,20,23). The number of hydrogen-bond donors (Lipinski definition) is 1. The van der Waals surface area contributed by atoms with Gasteiger partial charge >= 0.3 is 5.69 Å². The van der Waals surface area contributed by atoms with E-state index in [1.54, 1.807) is 24.3 Å². The van der Waals surface area contributed by atoms with E-state index >= 15 is 0 Å². The zero-order valence-corrected chi connectivity index (χ0v) is 14.8. The van der Waals surface area contributed by atoms with E-state index in [0.29, 0.717) is 29.6 Å². The molecule has 0 radical (unpaired) electrons. The van der Waals surface area contributed by atoms with Gasteiger partial charge in [-0.3, -0.25) is 18.7 Å². The molecule has 0 atom stereocenters. The van der Waals surface area contributed by atoms with Gasteiger partial charge in [-0.25, -0.2) is 4.79 Å². The Hall–Kier alpha value is -3.09. The van der Waals surface area contributed by atoms with Crippen LogP contribution in [-0.4, -0.2) is 15.0 Å². The molecule has 3 rings (SSSR count). The summed E-state index contributed by atoms with van der Waals surface area (Å²) in [6, 6.07) is 8.78. The largest absolute Gasteiger partial charge is 0.467 e. The highest BCUT2D eigenvalue weighted by molar-refractivity contribution is 5.82. The van der Waals surface area contributed by atoms with Crippen molar-refractivity contribution < 1.29 is 9.21 Å². The molecule has 3 aromatic rings. The summed E-state index contributed by atoms with van der Waals surface area (Å²) in [5.74, 6) is 0.300. The third kappa shape index (κ3) is 3.46. The predicted octanol–water partition coefficient (Wildman–Crippen LogP) is 1.79. The second-order valence-corrected chi connectivity index (χ2v) is 6.20. The van der Waals surface area contributed by atoms with Crippen LogP contribution in [0.4, 0.5) is 0 Å². The molecule has 136 valence electrons. The van der Waals surface area contributed by atoms with Gasteiger partial charge in [0.2, 0.25) is 5.91 Å². The summed E-state index contributed by atoms with van der Waals surface area (Å²) in [5, 5.41) is 3.16. The van der Waals surface area contributed by atoms with E-state index in [4.69, 9.17) is 4.42 Å². The lowest BCUT2D eigenvalue weighted by Gasteiger charge is -2.14. The van der Waals surface area contributed by atoms with E-state index in [1.165, 1.54) is 15.4 Å². The maximum Gasteiger partial charge on any atom is 0.331 e. The summed E-state index contributed by atoms with van der Waals surface area (Å²) in [7, 11) is 0. The Balaban J connectivity index is 1.99. The maximum atomic E-state index is 12.8. The number of benzene rings is 1. The lowest BCUT2D eigenvalue weighted by atomic mass is 10.1. The van der Waals surface area contributed by atoms with Crippen molar-refractivity contribution in [2.45, 2.75) is 39.9 Å². The molecule has 0 unspecified atom stereocenters. The Labute approximate surface area is 149 Å². The second-order valence-electron chi connectivity index (χ2n) is 6.20. The third-order valence-electron chi connectivity index (χ3n) is 4.17. The van der Waals surface area contributed by atoms with Gasteiger partial charge in [-0.05, 0) is 37.6 Å². The number of carbonyl (C=O) groups excluding carboxylic acids is 1. The summed E-state index contributed by atoms with van der Waals surface area (Å²) in [6.07, 6.45) is 2.18. The third-order valence-corrected chi connectivity index (χ3v) is 4.17. The van der Waals surface area contributed by atoms with E-state index in [2.05, 4.69) is 5.32 Å². The van der Waals surface area contributed by atoms with Crippen LogP contribution in [0.3, 0.4) is 0 Å². The average Bonchev–Trinajstić information content (AvgIpc) is 3.14. The first-order valence-corrected chi connectivity index (χ1v) is 8.54. The molecule has 1 N–H and O–H groups in total. The van der Waals surface area contributed by atoms with Crippen molar-refractivity contribution in [2.24, 2.45) is 0 Å². The Morgan fingerprint density at radius 2 is 2.00 bits per heavy atom. The molecule has 0 fully saturated rings. The molecule has 0 aliphatic rings. The monoisotopic (exact) mass is 355 g/mol. The van der Waals surface area contributed by atoms with Gasteiger partial charge in [0.15, 0.2) is 0 Å². The molecule has 7 nitrogen and oxygen atoms in total. The summed E-state index contributed by atoms with van der Waals surface area (Å²) in [5.41, 5.74) is 0.598. The fourth-order valence-corrected chi connectivity index (χ4v) is 2.91. The van der Waals surface area contributed by atoms with Crippen LogP contribution >= 0.6 is 0 Å². The van der Waals surface area contributed by atoms with Crippen molar-refractivity contribution in [3.8, 4) is 0 Å². The quantitative estimate of drug-likeness (QED) is 0.730. The van der Waals surface area contributed by atoms with Crippen LogP contribution in [-0.2, 0) is 24.4 Å². The number of amides is 1. The molecule has 0 spiro atoms. The molecule has 26 heavy (non-hydrogen) atoms. The minimum absolute atomic E-state index is 0.164. The smallest absolute Gasteiger partial charge is 0.331 e. The van der Waals surface area contributed by atoms with E-state index in [-0.39, 0.29) is 24.6 Å². The number of aryl methyl sites for hydroxylation is 1. The molecule has 0 bridgehead atoms. The first-order chi connectivity index (χ1) is 12.5. The first-order valence-electron chi connectivity index (χ1n) is 8.54. The van der Waals surface area contributed by atoms with Gasteiger partial charge in [0, 0.05) is 6.54 Å². The molecule has 1 amide bonds. The van der Waals surface area contributed by atoms with Crippen LogP contribution in [0.25, 0.3) is 10.9 Å². The van der Waals surface area contributed by atoms with Gasteiger partial charge in [-0.1, -0.05) is 18.6 Å². The lowest BCUT2D eigenvalue weighted by Crippen LogP contribution is -2.42. The van der Waals surface area contributed by atoms with Crippen LogP contribution < -0.4 is 16.6 Å². The fraction of sp³-hybridized carbons (Fsp3) is 0.316. The molecule has 1 aromatic carbocycles. The van der Waals surface area contributed by atoms with Crippen molar-refractivity contribution in [1.82, 2.24) is 14.5 Å². The van der Waals surface area contributed by atoms with Crippen LogP contribution in [0, 0.1) is 6.92 Å². The zero-order chi connectivity index (χ0) is 18.7. The highest BCUT2D eigenvalue weighted by Crippen LogP contribution is 2.11. The van der Waals surface area contributed by atoms with Gasteiger partial charge < -0.3 is 9.73 Å². The highest BCUT2D eigenvalue weighted by Gasteiger charge is 2.15. The van der Waals surface area contributed by atoms with Gasteiger partial charge in [0.05, 0.1) is 23.7 Å². The van der Waals surface area contributed by atoms with Gasteiger partial charge in [0.25, 0.3) is 5.56 Å². The van der Waals surface area contributed by atoms with Crippen molar-refractivity contribution in [3.63, 3.8) is 0 Å². The van der Waals surface area contributed by atoms with Crippen molar-refractivity contribution >= 4 is 16.8 Å². The van der Waals surface area contributed by atoms with E-state index in [0.717, 1.165) is 5.56 Å². The lowest BCUT2D eigenvalue weighted by molar-refractivity contribution is -0.121. The highest BCUT2D eigenvalue weighted by atomic mass is 16.3. The van der Waals surface area contributed by atoms with Crippen LogP contribution in [0.1, 0.15) is 24.7 Å². The van der Waals surface area contributed by atoms with Crippen molar-refractivity contribution in [2.75, 3.05) is 0 Å². The van der Waals surface area contributed by atoms with E-state index in [9.17, 15) is 14.4 Å². The number of carbonyl (C=O) groups is 1. The molecule has 0 saturated heterocycles. The van der Waals surface area contributed by atoms with Gasteiger partial charge in [0.1, 0.15) is 12.3 Å². The molecule has 2 aromatic heterocycles.